The number of nitrogens with zero attached hydrogens (tertiary/aromatic N) is 3. The number of fused-ring (bicyclic) bond motifs is 1. The molecule has 2 fully saturated rings. The molecule has 2 atom stereocenters. The number of hydrazine groups is 2. The van der Waals surface area contributed by atoms with E-state index in [2.05, 4.69) is 10.7 Å². The summed E-state index contributed by atoms with van der Waals surface area (Å²) >= 11 is 0. The summed E-state index contributed by atoms with van der Waals surface area (Å²) in [4.78, 5) is 74.1. The van der Waals surface area contributed by atoms with Crippen LogP contribution in [0.15, 0.2) is 30.3 Å². The van der Waals surface area contributed by atoms with Gasteiger partial charge in [-0.3, -0.25) is 24.6 Å². The van der Waals surface area contributed by atoms with Crippen LogP contribution >= 0.6 is 0 Å². The predicted molar refractivity (Wildman–Crippen MR) is 119 cm³/mol. The lowest BCUT2D eigenvalue weighted by molar-refractivity contribution is -0.155. The minimum absolute atomic E-state index is 0.0170. The summed E-state index contributed by atoms with van der Waals surface area (Å²) < 4.78 is 0. The van der Waals surface area contributed by atoms with Crippen LogP contribution in [-0.2, 0) is 30.4 Å². The van der Waals surface area contributed by atoms with Gasteiger partial charge in [0.15, 0.2) is 0 Å². The second kappa shape index (κ2) is 11.4. The van der Waals surface area contributed by atoms with E-state index in [9.17, 15) is 28.8 Å². The van der Waals surface area contributed by atoms with E-state index in [1.807, 2.05) is 30.3 Å². The minimum Gasteiger partial charge on any atom is -0.344 e. The van der Waals surface area contributed by atoms with Crippen LogP contribution in [0.5, 0.6) is 0 Å². The Hall–Kier alpha value is -3.76. The molecule has 182 valence electrons. The number of ketones is 1. The molecular formula is C23H29N5O6. The molecule has 2 aliphatic heterocycles. The van der Waals surface area contributed by atoms with Gasteiger partial charge in [-0.25, -0.2) is 19.8 Å². The second-order valence-electron chi connectivity index (χ2n) is 8.38. The summed E-state index contributed by atoms with van der Waals surface area (Å²) in [6, 6.07) is 6.65. The molecular weight excluding hydrogens is 442 g/mol. The van der Waals surface area contributed by atoms with Crippen molar-refractivity contribution < 1.29 is 28.8 Å². The maximum atomic E-state index is 13.3. The van der Waals surface area contributed by atoms with Gasteiger partial charge in [-0.15, -0.1) is 0 Å². The molecule has 1 aromatic carbocycles. The molecule has 0 spiro atoms. The number of hydrogen-bond donors (Lipinski definition) is 2. The highest BCUT2D eigenvalue weighted by atomic mass is 16.2. The first-order valence-corrected chi connectivity index (χ1v) is 11.3. The number of amides is 5. The molecule has 2 N–H and O–H groups in total. The molecule has 0 unspecified atom stereocenters. The number of rotatable bonds is 9. The van der Waals surface area contributed by atoms with Crippen molar-refractivity contribution in [1.82, 2.24) is 25.8 Å². The number of aryl methyl sites for hydroxylation is 1. The van der Waals surface area contributed by atoms with Crippen molar-refractivity contribution in [2.75, 3.05) is 13.1 Å². The molecule has 11 nitrogen and oxygen atoms in total. The van der Waals surface area contributed by atoms with Crippen LogP contribution in [0.25, 0.3) is 0 Å². The molecule has 3 rings (SSSR count). The summed E-state index contributed by atoms with van der Waals surface area (Å²) in [5.41, 5.74) is 3.54. The summed E-state index contributed by atoms with van der Waals surface area (Å²) in [6.07, 6.45) is 1.66. The SMILES string of the molecule is CC(=O)C[C@@H](C=O)NC(=O)[C@@H]1CCCN2C(=O)CCN(NC(=O)CCc3ccccc3)C(=O)N12. The van der Waals surface area contributed by atoms with Gasteiger partial charge in [-0.2, -0.15) is 0 Å². The molecule has 1 aromatic rings. The maximum Gasteiger partial charge on any atom is 0.358 e. The quantitative estimate of drug-likeness (QED) is 0.499. The van der Waals surface area contributed by atoms with E-state index in [1.165, 1.54) is 11.9 Å². The van der Waals surface area contributed by atoms with Gasteiger partial charge < -0.3 is 10.1 Å². The van der Waals surface area contributed by atoms with E-state index >= 15 is 0 Å². The topological polar surface area (TPSA) is 136 Å². The Morgan fingerprint density at radius 2 is 1.88 bits per heavy atom. The molecule has 2 aliphatic rings. The number of urea groups is 1. The van der Waals surface area contributed by atoms with Gasteiger partial charge in [0.2, 0.25) is 17.7 Å². The number of carbonyl (C=O) groups excluding carboxylic acids is 6. The van der Waals surface area contributed by atoms with Gasteiger partial charge >= 0.3 is 6.03 Å². The number of Topliss-reactive ketones (excluding diaryl/α,β-unsaturated/α-hetero) is 1. The van der Waals surface area contributed by atoms with E-state index in [0.29, 0.717) is 19.1 Å². The van der Waals surface area contributed by atoms with Crippen molar-refractivity contribution in [1.29, 1.82) is 0 Å². The second-order valence-corrected chi connectivity index (χ2v) is 8.38. The monoisotopic (exact) mass is 471 g/mol. The van der Waals surface area contributed by atoms with Gasteiger partial charge in [-0.05, 0) is 31.7 Å². The lowest BCUT2D eigenvalue weighted by Crippen LogP contribution is -2.64. The first-order valence-electron chi connectivity index (χ1n) is 11.3. The van der Waals surface area contributed by atoms with Crippen molar-refractivity contribution in [3.05, 3.63) is 35.9 Å². The van der Waals surface area contributed by atoms with E-state index in [4.69, 9.17) is 0 Å². The Labute approximate surface area is 197 Å². The van der Waals surface area contributed by atoms with Crippen LogP contribution in [-0.4, -0.2) is 76.0 Å². The van der Waals surface area contributed by atoms with E-state index < -0.39 is 29.9 Å². The highest BCUT2D eigenvalue weighted by Gasteiger charge is 2.44. The molecule has 34 heavy (non-hydrogen) atoms. The molecule has 0 aliphatic carbocycles. The first-order chi connectivity index (χ1) is 16.3. The summed E-state index contributed by atoms with van der Waals surface area (Å²) in [6.45, 7) is 1.53. The Morgan fingerprint density at radius 3 is 2.56 bits per heavy atom. The number of benzene rings is 1. The van der Waals surface area contributed by atoms with Gasteiger partial charge in [0.25, 0.3) is 0 Å². The van der Waals surface area contributed by atoms with Crippen molar-refractivity contribution in [3.8, 4) is 0 Å². The molecule has 2 saturated heterocycles. The number of carbonyl (C=O) groups is 6. The summed E-state index contributed by atoms with van der Waals surface area (Å²) in [7, 11) is 0. The van der Waals surface area contributed by atoms with Crippen LogP contribution in [0.3, 0.4) is 0 Å². The fraction of sp³-hybridized carbons (Fsp3) is 0.478. The average Bonchev–Trinajstić information content (AvgIpc) is 2.94. The zero-order chi connectivity index (χ0) is 24.7. The fourth-order valence-electron chi connectivity index (χ4n) is 4.05. The van der Waals surface area contributed by atoms with Crippen molar-refractivity contribution in [2.24, 2.45) is 0 Å². The predicted octanol–water partition coefficient (Wildman–Crippen LogP) is 0.347. The number of nitrogens with one attached hydrogen (secondary N) is 2. The molecule has 0 radical (unpaired) electrons. The minimum atomic E-state index is -1.05. The van der Waals surface area contributed by atoms with Gasteiger partial charge in [0.05, 0.1) is 12.6 Å². The Kier molecular flexibility index (Phi) is 8.34. The molecule has 0 saturated carbocycles. The largest absolute Gasteiger partial charge is 0.358 e. The molecule has 5 amide bonds. The number of hydrogen-bond acceptors (Lipinski definition) is 6. The fourth-order valence-corrected chi connectivity index (χ4v) is 4.05. The third-order valence-corrected chi connectivity index (χ3v) is 5.71. The van der Waals surface area contributed by atoms with Crippen molar-refractivity contribution in [2.45, 2.75) is 57.5 Å². The van der Waals surface area contributed by atoms with Crippen LogP contribution in [0, 0.1) is 0 Å². The molecule has 0 bridgehead atoms. The van der Waals surface area contributed by atoms with Gasteiger partial charge in [0, 0.05) is 25.8 Å². The summed E-state index contributed by atoms with van der Waals surface area (Å²) in [5.74, 6) is -1.64. The highest BCUT2D eigenvalue weighted by molar-refractivity contribution is 5.93. The third kappa shape index (κ3) is 6.18. The Balaban J connectivity index is 1.71. The van der Waals surface area contributed by atoms with Gasteiger partial charge in [0.1, 0.15) is 18.1 Å². The third-order valence-electron chi connectivity index (χ3n) is 5.71. The Bertz CT molecular complexity index is 952. The maximum absolute atomic E-state index is 13.3. The first kappa shape index (κ1) is 24.9. The standard InChI is InChI=1S/C23H29N5O6/c1-16(30)14-18(15-29)24-22(33)19-8-5-12-27-21(32)11-13-26(23(34)28(19)27)25-20(31)10-9-17-6-3-2-4-7-17/h2-4,6-7,15,18-19H,5,8-14H2,1H3,(H,24,33)(H,25,31)/t18-,19-/m0/s1. The Morgan fingerprint density at radius 1 is 1.15 bits per heavy atom. The van der Waals surface area contributed by atoms with E-state index in [1.54, 1.807) is 0 Å². The van der Waals surface area contributed by atoms with E-state index in [0.717, 1.165) is 15.6 Å². The normalized spacial score (nSPS) is 19.1. The van der Waals surface area contributed by atoms with Crippen LogP contribution in [0.4, 0.5) is 4.79 Å². The average molecular weight is 472 g/mol. The molecule has 11 heteroatoms. The smallest absolute Gasteiger partial charge is 0.344 e. The van der Waals surface area contributed by atoms with Crippen molar-refractivity contribution >= 4 is 35.8 Å². The lowest BCUT2D eigenvalue weighted by atomic mass is 10.1. The van der Waals surface area contributed by atoms with Crippen LogP contribution < -0.4 is 10.7 Å². The van der Waals surface area contributed by atoms with E-state index in [-0.39, 0.29) is 50.5 Å². The molecule has 0 aromatic heterocycles. The molecule has 2 heterocycles. The summed E-state index contributed by atoms with van der Waals surface area (Å²) in [5, 5.41) is 5.83. The van der Waals surface area contributed by atoms with Gasteiger partial charge in [-0.1, -0.05) is 30.3 Å². The zero-order valence-electron chi connectivity index (χ0n) is 19.1. The van der Waals surface area contributed by atoms with Crippen LogP contribution in [0.1, 0.15) is 44.6 Å². The zero-order valence-corrected chi connectivity index (χ0v) is 19.1. The highest BCUT2D eigenvalue weighted by Crippen LogP contribution is 2.23. The lowest BCUT2D eigenvalue weighted by Gasteiger charge is -2.43. The van der Waals surface area contributed by atoms with Crippen LogP contribution in [0.2, 0.25) is 0 Å². The van der Waals surface area contributed by atoms with Crippen molar-refractivity contribution in [3.63, 3.8) is 0 Å². The number of aldehydes is 1.